The van der Waals surface area contributed by atoms with Gasteiger partial charge in [0.25, 0.3) is 10.0 Å². The topological polar surface area (TPSA) is 112 Å². The van der Waals surface area contributed by atoms with Crippen LogP contribution in [0.5, 0.6) is 5.75 Å². The third-order valence-electron chi connectivity index (χ3n) is 6.40. The number of sulfonamides is 1. The van der Waals surface area contributed by atoms with Gasteiger partial charge in [0, 0.05) is 48.5 Å². The van der Waals surface area contributed by atoms with Crippen molar-refractivity contribution in [1.82, 2.24) is 9.55 Å². The first-order chi connectivity index (χ1) is 17.4. The number of hydrogen-bond donors (Lipinski definition) is 2. The van der Waals surface area contributed by atoms with Gasteiger partial charge in [-0.2, -0.15) is 0 Å². The lowest BCUT2D eigenvalue weighted by Crippen LogP contribution is -2.36. The van der Waals surface area contributed by atoms with Crippen LogP contribution in [0, 0.1) is 0 Å². The monoisotopic (exact) mass is 507 g/mol. The number of ether oxygens (including phenoxy) is 2. The molecule has 1 saturated heterocycles. The Kier molecular flexibility index (Phi) is 6.46. The molecule has 0 radical (unpaired) electrons. The third-order valence-corrected chi connectivity index (χ3v) is 7.77. The number of aromatic nitrogens is 2. The number of aryl methyl sites for hydroxylation is 1. The van der Waals surface area contributed by atoms with Crippen LogP contribution in [0.15, 0.2) is 65.7 Å². The van der Waals surface area contributed by atoms with Crippen LogP contribution in [0.2, 0.25) is 0 Å². The molecule has 2 aromatic heterocycles. The van der Waals surface area contributed by atoms with E-state index in [0.29, 0.717) is 24.6 Å². The molecule has 1 fully saturated rings. The number of fused-ring (bicyclic) bond motifs is 1. The fraction of sp³-hybridized carbons (Fsp3) is 0.269. The minimum absolute atomic E-state index is 0.105. The zero-order valence-electron chi connectivity index (χ0n) is 20.3. The van der Waals surface area contributed by atoms with Crippen LogP contribution in [0.3, 0.4) is 0 Å². The van der Waals surface area contributed by atoms with Crippen LogP contribution >= 0.6 is 0 Å². The molecule has 10 heteroatoms. The van der Waals surface area contributed by atoms with E-state index in [9.17, 15) is 8.42 Å². The standard InChI is InChI=1S/C26H29N5O4S/c1-3-31-23-16-20(34-2)8-10-22(23)25(27)26(31)18-4-6-19(7-5-18)29-36(32,33)21-9-11-24(28-17-21)30-12-14-35-15-13-30/h4-11,16-17,29H,3,12-15,27H2,1-2H3. The summed E-state index contributed by atoms with van der Waals surface area (Å²) in [5.74, 6) is 1.50. The lowest BCUT2D eigenvalue weighted by molar-refractivity contribution is 0.122. The van der Waals surface area contributed by atoms with Crippen molar-refractivity contribution in [2.24, 2.45) is 0 Å². The molecule has 0 bridgehead atoms. The summed E-state index contributed by atoms with van der Waals surface area (Å²) in [4.78, 5) is 6.53. The Morgan fingerprint density at radius 3 is 2.47 bits per heavy atom. The molecule has 1 aliphatic heterocycles. The molecule has 5 rings (SSSR count). The summed E-state index contributed by atoms with van der Waals surface area (Å²) < 4.78 is 41.4. The fourth-order valence-electron chi connectivity index (χ4n) is 4.54. The van der Waals surface area contributed by atoms with Gasteiger partial charge in [-0.3, -0.25) is 4.72 Å². The minimum Gasteiger partial charge on any atom is -0.497 e. The predicted molar refractivity (Wildman–Crippen MR) is 142 cm³/mol. The summed E-state index contributed by atoms with van der Waals surface area (Å²) in [6.07, 6.45) is 1.39. The van der Waals surface area contributed by atoms with E-state index in [1.165, 1.54) is 6.20 Å². The first kappa shape index (κ1) is 24.0. The Morgan fingerprint density at radius 1 is 1.08 bits per heavy atom. The van der Waals surface area contributed by atoms with Crippen LogP contribution in [-0.4, -0.2) is 51.4 Å². The lowest BCUT2D eigenvalue weighted by Gasteiger charge is -2.27. The number of nitrogens with zero attached hydrogens (tertiary/aromatic N) is 3. The first-order valence-corrected chi connectivity index (χ1v) is 13.3. The molecule has 1 aliphatic rings. The number of methoxy groups -OCH3 is 1. The number of nitrogens with two attached hydrogens (primary N) is 1. The number of rotatable bonds is 7. The second-order valence-corrected chi connectivity index (χ2v) is 10.2. The number of pyridine rings is 1. The van der Waals surface area contributed by atoms with Gasteiger partial charge in [-0.25, -0.2) is 13.4 Å². The van der Waals surface area contributed by atoms with E-state index in [1.54, 1.807) is 31.4 Å². The molecule has 9 nitrogen and oxygen atoms in total. The van der Waals surface area contributed by atoms with Gasteiger partial charge in [-0.1, -0.05) is 12.1 Å². The molecule has 0 saturated carbocycles. The molecule has 3 N–H and O–H groups in total. The number of anilines is 3. The average Bonchev–Trinajstić information content (AvgIpc) is 3.20. The van der Waals surface area contributed by atoms with Crippen LogP contribution in [-0.2, 0) is 21.3 Å². The molecule has 36 heavy (non-hydrogen) atoms. The van der Waals surface area contributed by atoms with Gasteiger partial charge in [-0.15, -0.1) is 0 Å². The summed E-state index contributed by atoms with van der Waals surface area (Å²) in [5, 5.41) is 0.949. The van der Waals surface area contributed by atoms with Crippen molar-refractivity contribution in [1.29, 1.82) is 0 Å². The number of benzene rings is 2. The van der Waals surface area contributed by atoms with Crippen LogP contribution in [0.25, 0.3) is 22.2 Å². The Morgan fingerprint density at radius 2 is 1.83 bits per heavy atom. The van der Waals surface area contributed by atoms with Crippen molar-refractivity contribution < 1.29 is 17.9 Å². The Bertz CT molecular complexity index is 1480. The van der Waals surface area contributed by atoms with Crippen LogP contribution in [0.4, 0.5) is 17.2 Å². The number of hydrogen-bond acceptors (Lipinski definition) is 7. The first-order valence-electron chi connectivity index (χ1n) is 11.8. The molecule has 0 aliphatic carbocycles. The molecular weight excluding hydrogens is 478 g/mol. The normalized spacial score (nSPS) is 14.2. The number of nitrogen functional groups attached to an aromatic ring is 1. The van der Waals surface area contributed by atoms with Crippen molar-refractivity contribution in [3.8, 4) is 17.0 Å². The van der Waals surface area contributed by atoms with Gasteiger partial charge in [0.05, 0.1) is 37.2 Å². The van der Waals surface area contributed by atoms with E-state index in [4.69, 9.17) is 15.2 Å². The molecule has 0 amide bonds. The zero-order valence-corrected chi connectivity index (χ0v) is 21.1. The summed E-state index contributed by atoms with van der Waals surface area (Å²) in [5.41, 5.74) is 10.4. The zero-order chi connectivity index (χ0) is 25.3. The minimum atomic E-state index is -3.79. The third kappa shape index (κ3) is 4.45. The van der Waals surface area contributed by atoms with Gasteiger partial charge < -0.3 is 24.7 Å². The highest BCUT2D eigenvalue weighted by Gasteiger charge is 2.19. The molecular formula is C26H29N5O4S. The van der Waals surface area contributed by atoms with Gasteiger partial charge in [0.15, 0.2) is 0 Å². The van der Waals surface area contributed by atoms with Gasteiger partial charge in [0.2, 0.25) is 0 Å². The Labute approximate surface area is 210 Å². The highest BCUT2D eigenvalue weighted by Crippen LogP contribution is 2.38. The van der Waals surface area contributed by atoms with E-state index in [0.717, 1.165) is 53.4 Å². The highest BCUT2D eigenvalue weighted by atomic mass is 32.2. The van der Waals surface area contributed by atoms with E-state index >= 15 is 0 Å². The van der Waals surface area contributed by atoms with Gasteiger partial charge >= 0.3 is 0 Å². The predicted octanol–water partition coefficient (Wildman–Crippen LogP) is 3.95. The number of morpholine rings is 1. The van der Waals surface area contributed by atoms with E-state index in [1.807, 2.05) is 30.3 Å². The molecule has 188 valence electrons. The maximum atomic E-state index is 13.0. The van der Waals surface area contributed by atoms with Crippen molar-refractivity contribution in [3.63, 3.8) is 0 Å². The molecule has 0 atom stereocenters. The van der Waals surface area contributed by atoms with Crippen molar-refractivity contribution >= 4 is 38.1 Å². The molecule has 0 unspecified atom stereocenters. The SMILES string of the molecule is CCn1c(-c2ccc(NS(=O)(=O)c3ccc(N4CCOCC4)nc3)cc2)c(N)c2ccc(OC)cc21. The van der Waals surface area contributed by atoms with Gasteiger partial charge in [0.1, 0.15) is 16.5 Å². The molecule has 0 spiro atoms. The van der Waals surface area contributed by atoms with E-state index in [2.05, 4.69) is 26.1 Å². The van der Waals surface area contributed by atoms with Crippen molar-refractivity contribution in [2.75, 3.05) is 48.8 Å². The smallest absolute Gasteiger partial charge is 0.263 e. The van der Waals surface area contributed by atoms with E-state index < -0.39 is 10.0 Å². The molecule has 2 aromatic carbocycles. The van der Waals surface area contributed by atoms with Crippen LogP contribution < -0.4 is 20.1 Å². The largest absolute Gasteiger partial charge is 0.497 e. The average molecular weight is 508 g/mol. The molecule has 4 aromatic rings. The maximum absolute atomic E-state index is 13.0. The Balaban J connectivity index is 1.38. The summed E-state index contributed by atoms with van der Waals surface area (Å²) in [6.45, 7) is 5.52. The van der Waals surface area contributed by atoms with E-state index in [-0.39, 0.29) is 4.90 Å². The fourth-order valence-corrected chi connectivity index (χ4v) is 5.55. The quantitative estimate of drug-likeness (QED) is 0.390. The van der Waals surface area contributed by atoms with Crippen molar-refractivity contribution in [3.05, 3.63) is 60.8 Å². The second kappa shape index (κ2) is 9.71. The Hall–Kier alpha value is -3.76. The maximum Gasteiger partial charge on any atom is 0.263 e. The lowest BCUT2D eigenvalue weighted by atomic mass is 10.1. The highest BCUT2D eigenvalue weighted by molar-refractivity contribution is 7.92. The van der Waals surface area contributed by atoms with Crippen molar-refractivity contribution in [2.45, 2.75) is 18.4 Å². The summed E-state index contributed by atoms with van der Waals surface area (Å²) in [7, 11) is -2.15. The summed E-state index contributed by atoms with van der Waals surface area (Å²) in [6, 6.07) is 16.3. The van der Waals surface area contributed by atoms with Crippen LogP contribution in [0.1, 0.15) is 6.92 Å². The number of nitrogens with one attached hydrogen (secondary N) is 1. The molecule has 3 heterocycles. The summed E-state index contributed by atoms with van der Waals surface area (Å²) >= 11 is 0. The van der Waals surface area contributed by atoms with Gasteiger partial charge in [-0.05, 0) is 43.3 Å². The second-order valence-electron chi connectivity index (χ2n) is 8.52.